The summed E-state index contributed by atoms with van der Waals surface area (Å²) >= 11 is 0. The lowest BCUT2D eigenvalue weighted by molar-refractivity contribution is 0.111. The third-order valence-electron chi connectivity index (χ3n) is 5.08. The van der Waals surface area contributed by atoms with E-state index >= 15 is 0 Å². The Labute approximate surface area is 181 Å². The summed E-state index contributed by atoms with van der Waals surface area (Å²) in [6.45, 7) is 10.0. The smallest absolute Gasteiger partial charge is 0.209 e. The minimum atomic E-state index is -0.738. The molecule has 3 rings (SSSR count). The first-order valence-electron chi connectivity index (χ1n) is 10.3. The topological polar surface area (TPSA) is 98.0 Å². The molecule has 1 aliphatic carbocycles. The Morgan fingerprint density at radius 2 is 1.94 bits per heavy atom. The van der Waals surface area contributed by atoms with Crippen LogP contribution in [0.25, 0.3) is 0 Å². The van der Waals surface area contributed by atoms with Gasteiger partial charge in [-0.15, -0.1) is 0 Å². The van der Waals surface area contributed by atoms with Crippen LogP contribution in [-0.2, 0) is 0 Å². The van der Waals surface area contributed by atoms with Crippen molar-refractivity contribution in [3.05, 3.63) is 47.9 Å². The van der Waals surface area contributed by atoms with Gasteiger partial charge in [0.25, 0.3) is 0 Å². The average molecular weight is 433 g/mol. The van der Waals surface area contributed by atoms with Crippen LogP contribution in [0.1, 0.15) is 58.2 Å². The van der Waals surface area contributed by atoms with Crippen molar-refractivity contribution in [2.45, 2.75) is 64.1 Å². The van der Waals surface area contributed by atoms with Crippen LogP contribution < -0.4 is 16.0 Å². The number of anilines is 3. The Morgan fingerprint density at radius 3 is 2.52 bits per heavy atom. The van der Waals surface area contributed by atoms with Crippen molar-refractivity contribution in [1.29, 1.82) is 5.41 Å². The van der Waals surface area contributed by atoms with Crippen molar-refractivity contribution < 1.29 is 13.9 Å². The van der Waals surface area contributed by atoms with E-state index in [0.29, 0.717) is 49.0 Å². The van der Waals surface area contributed by atoms with Gasteiger partial charge in [0.2, 0.25) is 5.95 Å². The molecule has 1 heterocycles. The fourth-order valence-electron chi connectivity index (χ4n) is 3.77. The summed E-state index contributed by atoms with van der Waals surface area (Å²) < 4.78 is 29.5. The summed E-state index contributed by atoms with van der Waals surface area (Å²) in [6.07, 6.45) is 3.43. The van der Waals surface area contributed by atoms with Crippen LogP contribution in [0.4, 0.5) is 26.2 Å². The Hall–Kier alpha value is -2.94. The first kappa shape index (κ1) is 22.7. The second-order valence-corrected chi connectivity index (χ2v) is 8.87. The molecule has 0 radical (unpaired) electrons. The first-order chi connectivity index (χ1) is 14.6. The third-order valence-corrected chi connectivity index (χ3v) is 5.08. The molecule has 9 heteroatoms. The Kier molecular flexibility index (Phi) is 6.64. The molecule has 7 nitrogen and oxygen atoms in total. The van der Waals surface area contributed by atoms with Crippen molar-refractivity contribution in [2.75, 3.05) is 10.6 Å². The zero-order chi connectivity index (χ0) is 22.8. The summed E-state index contributed by atoms with van der Waals surface area (Å²) in [4.78, 5) is 4.49. The van der Waals surface area contributed by atoms with E-state index in [1.807, 2.05) is 25.3 Å². The standard InChI is InChI=1S/C22H30F2N6O/c1-13(29-22(2,3)4)26-20-19(12-25)28-21(27-18-10-5-14(23)11-17(18)24)30(20)15-6-8-16(31)9-7-15/h5,10-12,15-16,25-26,29,31H,1,6-9H2,2-4H3,(H,27,28). The average Bonchev–Trinajstić information content (AvgIpc) is 3.00. The Morgan fingerprint density at radius 1 is 1.26 bits per heavy atom. The molecular formula is C22H30F2N6O. The maximum atomic E-state index is 14.3. The number of aliphatic hydroxyl groups excluding tert-OH is 1. The zero-order valence-corrected chi connectivity index (χ0v) is 18.1. The first-order valence-corrected chi connectivity index (χ1v) is 10.3. The van der Waals surface area contributed by atoms with E-state index in [9.17, 15) is 13.9 Å². The number of benzene rings is 1. The normalized spacial score (nSPS) is 19.0. The van der Waals surface area contributed by atoms with E-state index in [0.717, 1.165) is 12.3 Å². The van der Waals surface area contributed by atoms with Crippen molar-refractivity contribution in [3.8, 4) is 0 Å². The predicted molar refractivity (Wildman–Crippen MR) is 119 cm³/mol. The van der Waals surface area contributed by atoms with Crippen molar-refractivity contribution in [2.24, 2.45) is 0 Å². The molecule has 168 valence electrons. The maximum Gasteiger partial charge on any atom is 0.209 e. The van der Waals surface area contributed by atoms with E-state index in [2.05, 4.69) is 27.5 Å². The molecule has 1 fully saturated rings. The molecule has 0 saturated heterocycles. The van der Waals surface area contributed by atoms with Gasteiger partial charge in [0.15, 0.2) is 0 Å². The fraction of sp³-hybridized carbons (Fsp3) is 0.455. The van der Waals surface area contributed by atoms with Crippen LogP contribution in [0.3, 0.4) is 0 Å². The number of nitrogens with zero attached hydrogens (tertiary/aromatic N) is 2. The van der Waals surface area contributed by atoms with Crippen LogP contribution in [-0.4, -0.2) is 32.5 Å². The van der Waals surface area contributed by atoms with Crippen LogP contribution in [0.5, 0.6) is 0 Å². The van der Waals surface area contributed by atoms with E-state index in [4.69, 9.17) is 5.41 Å². The molecule has 1 aromatic carbocycles. The van der Waals surface area contributed by atoms with Gasteiger partial charge in [-0.2, -0.15) is 0 Å². The molecule has 0 aliphatic heterocycles. The van der Waals surface area contributed by atoms with Crippen molar-refractivity contribution in [3.63, 3.8) is 0 Å². The van der Waals surface area contributed by atoms with Crippen LogP contribution >= 0.6 is 0 Å². The SMILES string of the molecule is C=C(Nc1c(C=N)nc(Nc2ccc(F)cc2F)n1C1CCC(O)CC1)NC(C)(C)C. The number of aromatic nitrogens is 2. The molecular weight excluding hydrogens is 402 g/mol. The van der Waals surface area contributed by atoms with Gasteiger partial charge in [0, 0.05) is 23.9 Å². The molecule has 0 spiro atoms. The number of aliphatic hydroxyl groups is 1. The van der Waals surface area contributed by atoms with E-state index < -0.39 is 11.6 Å². The van der Waals surface area contributed by atoms with Gasteiger partial charge in [0.1, 0.15) is 23.1 Å². The highest BCUT2D eigenvalue weighted by molar-refractivity contribution is 5.84. The predicted octanol–water partition coefficient (Wildman–Crippen LogP) is 4.65. The highest BCUT2D eigenvalue weighted by Gasteiger charge is 2.28. The molecule has 1 aromatic heterocycles. The monoisotopic (exact) mass is 432 g/mol. The summed E-state index contributed by atoms with van der Waals surface area (Å²) in [5, 5.41) is 27.2. The number of hydrogen-bond acceptors (Lipinski definition) is 6. The molecule has 2 aromatic rings. The molecule has 0 atom stereocenters. The van der Waals surface area contributed by atoms with Crippen molar-refractivity contribution in [1.82, 2.24) is 14.9 Å². The minimum absolute atomic E-state index is 0.0273. The van der Waals surface area contributed by atoms with Gasteiger partial charge in [0.05, 0.1) is 17.6 Å². The highest BCUT2D eigenvalue weighted by atomic mass is 19.1. The lowest BCUT2D eigenvalue weighted by Gasteiger charge is -2.30. The van der Waals surface area contributed by atoms with Gasteiger partial charge in [-0.05, 0) is 58.6 Å². The quantitative estimate of drug-likeness (QED) is 0.410. The van der Waals surface area contributed by atoms with Gasteiger partial charge in [-0.1, -0.05) is 6.58 Å². The number of hydrogen-bond donors (Lipinski definition) is 5. The molecule has 0 amide bonds. The molecule has 1 aliphatic rings. The summed E-state index contributed by atoms with van der Waals surface area (Å²) in [7, 11) is 0. The molecule has 1 saturated carbocycles. The fourth-order valence-corrected chi connectivity index (χ4v) is 3.77. The lowest BCUT2D eigenvalue weighted by atomic mass is 9.93. The third kappa shape index (κ3) is 5.61. The van der Waals surface area contributed by atoms with E-state index in [-0.39, 0.29) is 23.4 Å². The maximum absolute atomic E-state index is 14.3. The number of rotatable bonds is 7. The van der Waals surface area contributed by atoms with Crippen molar-refractivity contribution >= 4 is 23.7 Å². The largest absolute Gasteiger partial charge is 0.393 e. The number of nitrogens with one attached hydrogen (secondary N) is 4. The number of halogens is 2. The summed E-state index contributed by atoms with van der Waals surface area (Å²) in [5.41, 5.74) is 0.207. The van der Waals surface area contributed by atoms with Gasteiger partial charge >= 0.3 is 0 Å². The van der Waals surface area contributed by atoms with E-state index in [1.54, 1.807) is 0 Å². The Bertz CT molecular complexity index is 958. The highest BCUT2D eigenvalue weighted by Crippen LogP contribution is 2.37. The van der Waals surface area contributed by atoms with Crippen LogP contribution in [0, 0.1) is 17.0 Å². The minimum Gasteiger partial charge on any atom is -0.393 e. The number of imidazole rings is 1. The molecule has 31 heavy (non-hydrogen) atoms. The second-order valence-electron chi connectivity index (χ2n) is 8.87. The van der Waals surface area contributed by atoms with Gasteiger partial charge < -0.3 is 26.5 Å². The molecule has 0 bridgehead atoms. The van der Waals surface area contributed by atoms with Gasteiger partial charge in [-0.3, -0.25) is 4.57 Å². The van der Waals surface area contributed by atoms with Crippen LogP contribution in [0.15, 0.2) is 30.6 Å². The Balaban J connectivity index is 2.01. The second kappa shape index (κ2) is 9.05. The molecule has 5 N–H and O–H groups in total. The van der Waals surface area contributed by atoms with Crippen LogP contribution in [0.2, 0.25) is 0 Å². The van der Waals surface area contributed by atoms with E-state index in [1.165, 1.54) is 12.1 Å². The lowest BCUT2D eigenvalue weighted by Crippen LogP contribution is -2.37. The zero-order valence-electron chi connectivity index (χ0n) is 18.1. The molecule has 0 unspecified atom stereocenters. The summed E-state index contributed by atoms with van der Waals surface area (Å²) in [5.74, 6) is 0.00445. The summed E-state index contributed by atoms with van der Waals surface area (Å²) in [6, 6.07) is 3.26. The van der Waals surface area contributed by atoms with Gasteiger partial charge in [-0.25, -0.2) is 13.8 Å².